The number of nitrogens with zero attached hydrogens (tertiary/aromatic N) is 2. The van der Waals surface area contributed by atoms with Crippen LogP contribution in [0.25, 0.3) is 11.1 Å². The number of ether oxygens (including phenoxy) is 2. The molecule has 1 unspecified atom stereocenters. The molecule has 0 N–H and O–H groups in total. The second-order valence-corrected chi connectivity index (χ2v) is 7.76. The fourth-order valence-electron chi connectivity index (χ4n) is 5.17. The fourth-order valence-corrected chi connectivity index (χ4v) is 5.17. The average molecular weight is 434 g/mol. The molecule has 5 rings (SSSR count). The molecule has 2 aliphatic heterocycles. The van der Waals surface area contributed by atoms with Crippen LogP contribution in [0.5, 0.6) is 0 Å². The summed E-state index contributed by atoms with van der Waals surface area (Å²) in [5.74, 6) is 3.98. The van der Waals surface area contributed by atoms with E-state index in [2.05, 4.69) is 16.9 Å². The number of benzene rings is 2. The maximum atomic E-state index is 13.4. The number of allylic oxidation sites excluding steroid dienone is 1. The topological polar surface area (TPSA) is 68.2 Å². The minimum absolute atomic E-state index is 0.0194. The molecule has 6 heteroatoms. The van der Waals surface area contributed by atoms with Crippen molar-refractivity contribution in [2.45, 2.75) is 11.5 Å². The third kappa shape index (κ3) is 2.49. The lowest BCUT2D eigenvalue weighted by molar-refractivity contribution is -0.140. The number of rotatable bonds is 2. The van der Waals surface area contributed by atoms with Crippen molar-refractivity contribution in [2.24, 2.45) is 5.10 Å². The normalized spacial score (nSPS) is 18.3. The van der Waals surface area contributed by atoms with Crippen LogP contribution in [0.2, 0.25) is 0 Å². The van der Waals surface area contributed by atoms with Crippen LogP contribution in [0, 0.1) is 24.7 Å². The summed E-state index contributed by atoms with van der Waals surface area (Å²) >= 11 is 0. The van der Waals surface area contributed by atoms with Gasteiger partial charge in [0.2, 0.25) is 0 Å². The first-order chi connectivity index (χ1) is 16.0. The van der Waals surface area contributed by atoms with Crippen LogP contribution in [0.15, 0.2) is 64.9 Å². The summed E-state index contributed by atoms with van der Waals surface area (Å²) in [6.07, 6.45) is 16.7. The Morgan fingerprint density at radius 3 is 2.06 bits per heavy atom. The number of methoxy groups -OCH3 is 2. The first-order valence-electron chi connectivity index (χ1n) is 10.2. The molecule has 160 valence electrons. The van der Waals surface area contributed by atoms with E-state index < -0.39 is 23.4 Å². The lowest BCUT2D eigenvalue weighted by Crippen LogP contribution is -2.44. The van der Waals surface area contributed by atoms with Gasteiger partial charge in [-0.2, -0.15) is 5.10 Å². The number of esters is 2. The van der Waals surface area contributed by atoms with Crippen molar-refractivity contribution in [3.05, 3.63) is 82.1 Å². The van der Waals surface area contributed by atoms with Crippen molar-refractivity contribution >= 4 is 18.2 Å². The first-order valence-corrected chi connectivity index (χ1v) is 10.2. The molecule has 3 aliphatic rings. The van der Waals surface area contributed by atoms with E-state index in [-0.39, 0.29) is 11.3 Å². The zero-order chi connectivity index (χ0) is 23.3. The van der Waals surface area contributed by atoms with Crippen molar-refractivity contribution in [2.75, 3.05) is 14.2 Å². The molecule has 1 spiro atoms. The van der Waals surface area contributed by atoms with Gasteiger partial charge in [0.05, 0.1) is 31.2 Å². The first kappa shape index (κ1) is 20.4. The van der Waals surface area contributed by atoms with E-state index in [9.17, 15) is 9.59 Å². The highest BCUT2D eigenvalue weighted by atomic mass is 16.5. The number of terminal acetylenes is 2. The van der Waals surface area contributed by atoms with Crippen LogP contribution in [0.3, 0.4) is 0 Å². The molecule has 1 atom stereocenters. The van der Waals surface area contributed by atoms with Gasteiger partial charge >= 0.3 is 11.9 Å². The number of carbonyl (C=O) groups is 2. The molecule has 0 bridgehead atoms. The Morgan fingerprint density at radius 2 is 1.55 bits per heavy atom. The summed E-state index contributed by atoms with van der Waals surface area (Å²) in [4.78, 5) is 26.4. The van der Waals surface area contributed by atoms with E-state index in [1.165, 1.54) is 19.2 Å². The molecule has 6 nitrogen and oxygen atoms in total. The zero-order valence-corrected chi connectivity index (χ0v) is 18.0. The van der Waals surface area contributed by atoms with Gasteiger partial charge in [-0.15, -0.1) is 12.8 Å². The number of hydrazone groups is 1. The Labute approximate surface area is 191 Å². The lowest BCUT2D eigenvalue weighted by Gasteiger charge is -2.36. The highest BCUT2D eigenvalue weighted by Crippen LogP contribution is 2.60. The molecule has 2 aromatic rings. The number of carbonyl (C=O) groups excluding carboxylic acids is 2. The van der Waals surface area contributed by atoms with Crippen molar-refractivity contribution in [3.63, 3.8) is 0 Å². The van der Waals surface area contributed by atoms with Gasteiger partial charge in [0.25, 0.3) is 0 Å². The van der Waals surface area contributed by atoms with Gasteiger partial charge in [-0.1, -0.05) is 30.0 Å². The quantitative estimate of drug-likeness (QED) is 0.537. The smallest absolute Gasteiger partial charge is 0.356 e. The van der Waals surface area contributed by atoms with Gasteiger partial charge in [0.15, 0.2) is 5.70 Å². The average Bonchev–Trinajstić information content (AvgIpc) is 3.33. The maximum Gasteiger partial charge on any atom is 0.356 e. The summed E-state index contributed by atoms with van der Waals surface area (Å²) in [5, 5.41) is 5.95. The van der Waals surface area contributed by atoms with Gasteiger partial charge in [0, 0.05) is 17.3 Å². The van der Waals surface area contributed by atoms with Crippen molar-refractivity contribution in [3.8, 4) is 35.8 Å². The number of fused-ring (bicyclic) bond motifs is 7. The van der Waals surface area contributed by atoms with Crippen LogP contribution in [0.4, 0.5) is 0 Å². The molecule has 33 heavy (non-hydrogen) atoms. The Morgan fingerprint density at radius 1 is 0.970 bits per heavy atom. The fraction of sp³-hybridized carbons (Fsp3) is 0.148. The van der Waals surface area contributed by atoms with E-state index in [4.69, 9.17) is 22.3 Å². The van der Waals surface area contributed by atoms with Crippen LogP contribution in [-0.4, -0.2) is 43.4 Å². The van der Waals surface area contributed by atoms with Crippen molar-refractivity contribution < 1.29 is 19.1 Å². The molecule has 1 aliphatic carbocycles. The van der Waals surface area contributed by atoms with E-state index in [1.807, 2.05) is 42.5 Å². The van der Waals surface area contributed by atoms with Crippen LogP contribution in [0.1, 0.15) is 22.3 Å². The Hall–Kier alpha value is -4.55. The summed E-state index contributed by atoms with van der Waals surface area (Å²) in [6.45, 7) is 0. The summed E-state index contributed by atoms with van der Waals surface area (Å²) in [7, 11) is 2.54. The SMILES string of the molecule is C#Cc1ccc2c(c1)C1(C(C(=O)OC)=C(C(=O)OC)N3N=CC=CC31)c1cc(C#C)ccc1-2. The van der Waals surface area contributed by atoms with Crippen LogP contribution in [-0.2, 0) is 24.5 Å². The second kappa shape index (κ2) is 7.25. The predicted molar refractivity (Wildman–Crippen MR) is 123 cm³/mol. The minimum Gasteiger partial charge on any atom is -0.466 e. The molecule has 0 aromatic heterocycles. The highest BCUT2D eigenvalue weighted by molar-refractivity contribution is 6.07. The standard InChI is InChI=1S/C27H18N2O4/c1-5-16-9-11-18-19-12-10-17(6-2)15-21(19)27(20(18)14-16)22-8-7-13-28-29(22)24(26(31)33-4)23(27)25(30)32-3/h1-2,7-15,22H,3-4H3. The minimum atomic E-state index is -1.14. The lowest BCUT2D eigenvalue weighted by atomic mass is 9.67. The third-order valence-electron chi connectivity index (χ3n) is 6.42. The molecule has 0 radical (unpaired) electrons. The summed E-state index contributed by atoms with van der Waals surface area (Å²) in [6, 6.07) is 10.8. The zero-order valence-electron chi connectivity index (χ0n) is 18.0. The van der Waals surface area contributed by atoms with Gasteiger partial charge in [-0.05, 0) is 52.6 Å². The Bertz CT molecular complexity index is 1350. The molecule has 2 heterocycles. The molecule has 0 saturated carbocycles. The number of hydrogen-bond acceptors (Lipinski definition) is 6. The van der Waals surface area contributed by atoms with Crippen LogP contribution >= 0.6 is 0 Å². The summed E-state index contributed by atoms with van der Waals surface area (Å²) in [5.41, 5.74) is 3.63. The third-order valence-corrected chi connectivity index (χ3v) is 6.42. The highest BCUT2D eigenvalue weighted by Gasteiger charge is 2.62. The molecule has 0 fully saturated rings. The van der Waals surface area contributed by atoms with Gasteiger partial charge in [-0.3, -0.25) is 0 Å². The predicted octanol–water partition coefficient (Wildman–Crippen LogP) is 2.76. The van der Waals surface area contributed by atoms with E-state index in [1.54, 1.807) is 12.3 Å². The monoisotopic (exact) mass is 434 g/mol. The second-order valence-electron chi connectivity index (χ2n) is 7.76. The van der Waals surface area contributed by atoms with Gasteiger partial charge in [-0.25, -0.2) is 14.6 Å². The van der Waals surface area contributed by atoms with Crippen LogP contribution < -0.4 is 0 Å². The van der Waals surface area contributed by atoms with E-state index in [0.717, 1.165) is 22.3 Å². The Balaban J connectivity index is 2.00. The van der Waals surface area contributed by atoms with Gasteiger partial charge in [0.1, 0.15) is 0 Å². The van der Waals surface area contributed by atoms with Crippen molar-refractivity contribution in [1.82, 2.24) is 5.01 Å². The largest absolute Gasteiger partial charge is 0.466 e. The van der Waals surface area contributed by atoms with E-state index >= 15 is 0 Å². The maximum absolute atomic E-state index is 13.4. The van der Waals surface area contributed by atoms with E-state index in [0.29, 0.717) is 11.1 Å². The Kier molecular flexibility index (Phi) is 4.48. The molecule has 2 aromatic carbocycles. The van der Waals surface area contributed by atoms with Gasteiger partial charge < -0.3 is 9.47 Å². The molecular weight excluding hydrogens is 416 g/mol. The molecular formula is C27H18N2O4. The molecule has 0 amide bonds. The van der Waals surface area contributed by atoms with Crippen molar-refractivity contribution in [1.29, 1.82) is 0 Å². The summed E-state index contributed by atoms with van der Waals surface area (Å²) < 4.78 is 10.3. The number of hydrogen-bond donors (Lipinski definition) is 0. The molecule has 0 saturated heterocycles.